The fraction of sp³-hybridized carbons (Fsp3) is 0.240. The van der Waals surface area contributed by atoms with Crippen LogP contribution >= 0.6 is 11.3 Å². The number of anilines is 3. The average molecular weight is 460 g/mol. The minimum Gasteiger partial charge on any atom is -0.375 e. The fourth-order valence-electron chi connectivity index (χ4n) is 3.56. The molecule has 170 valence electrons. The van der Waals surface area contributed by atoms with Crippen molar-refractivity contribution in [3.8, 4) is 10.4 Å². The van der Waals surface area contributed by atoms with Gasteiger partial charge in [-0.3, -0.25) is 0 Å². The Hall–Kier alpha value is -3.49. The minimum atomic E-state index is 0.593. The van der Waals surface area contributed by atoms with Crippen LogP contribution in [-0.2, 0) is 0 Å². The van der Waals surface area contributed by atoms with E-state index in [0.29, 0.717) is 11.2 Å². The average Bonchev–Trinajstić information content (AvgIpc) is 3.24. The largest absolute Gasteiger partial charge is 0.375 e. The third kappa shape index (κ3) is 5.30. The van der Waals surface area contributed by atoms with E-state index in [9.17, 15) is 0 Å². The first-order valence-corrected chi connectivity index (χ1v) is 11.6. The SMILES string of the molecule is C=Cc1ccnc(N2CC(N(C)C)C2)c1.CNc1cc2cc(-c3cnc(N)s3)ccc2cn1. The van der Waals surface area contributed by atoms with Crippen molar-refractivity contribution in [3.05, 3.63) is 67.1 Å². The second-order valence-electron chi connectivity index (χ2n) is 8.12. The summed E-state index contributed by atoms with van der Waals surface area (Å²) in [6, 6.07) is 13.0. The molecule has 1 aliphatic rings. The van der Waals surface area contributed by atoms with E-state index in [2.05, 4.69) is 75.0 Å². The number of hydrogen-bond donors (Lipinski definition) is 2. The van der Waals surface area contributed by atoms with E-state index >= 15 is 0 Å². The molecule has 0 unspecified atom stereocenters. The Kier molecular flexibility index (Phi) is 6.86. The van der Waals surface area contributed by atoms with E-state index in [-0.39, 0.29) is 0 Å². The predicted octanol–water partition coefficient (Wildman–Crippen LogP) is 4.46. The Balaban J connectivity index is 0.000000160. The zero-order valence-electron chi connectivity index (χ0n) is 19.2. The third-order valence-electron chi connectivity index (χ3n) is 5.71. The van der Waals surface area contributed by atoms with Gasteiger partial charge in [0.15, 0.2) is 5.13 Å². The molecule has 0 atom stereocenters. The van der Waals surface area contributed by atoms with Crippen LogP contribution < -0.4 is 16.0 Å². The summed E-state index contributed by atoms with van der Waals surface area (Å²) in [6.45, 7) is 5.90. The van der Waals surface area contributed by atoms with Crippen molar-refractivity contribution in [1.82, 2.24) is 19.9 Å². The molecule has 3 N–H and O–H groups in total. The number of nitrogens with two attached hydrogens (primary N) is 1. The van der Waals surface area contributed by atoms with Crippen molar-refractivity contribution < 1.29 is 0 Å². The zero-order chi connectivity index (χ0) is 23.4. The maximum Gasteiger partial charge on any atom is 0.180 e. The number of nitrogen functional groups attached to an aromatic ring is 1. The van der Waals surface area contributed by atoms with Crippen molar-refractivity contribution in [3.63, 3.8) is 0 Å². The first kappa shape index (κ1) is 22.7. The Labute approximate surface area is 198 Å². The van der Waals surface area contributed by atoms with Crippen molar-refractivity contribution in [1.29, 1.82) is 0 Å². The lowest BCUT2D eigenvalue weighted by atomic mass is 10.1. The maximum atomic E-state index is 5.66. The molecular weight excluding hydrogens is 430 g/mol. The maximum absolute atomic E-state index is 5.66. The molecule has 0 bridgehead atoms. The Morgan fingerprint density at radius 2 is 1.91 bits per heavy atom. The lowest BCUT2D eigenvalue weighted by Crippen LogP contribution is -2.57. The number of fused-ring (bicyclic) bond motifs is 1. The first-order chi connectivity index (χ1) is 16.0. The van der Waals surface area contributed by atoms with Gasteiger partial charge in [-0.2, -0.15) is 0 Å². The van der Waals surface area contributed by atoms with Gasteiger partial charge in [-0.25, -0.2) is 15.0 Å². The van der Waals surface area contributed by atoms with E-state index in [0.717, 1.165) is 51.5 Å². The van der Waals surface area contributed by atoms with Crippen LogP contribution in [0.1, 0.15) is 5.56 Å². The molecule has 0 aliphatic carbocycles. The van der Waals surface area contributed by atoms with E-state index in [1.165, 1.54) is 11.3 Å². The molecule has 5 rings (SSSR count). The standard InChI is InChI=1S/C13H12N4S.C12H17N3/c1-15-12-5-10-4-8(2-3-9(10)6-16-12)11-7-17-13(14)18-11;1-4-10-5-6-13-12(7-10)15-8-11(9-15)14(2)3/h2-7H,1H3,(H2,14,17)(H,15,16);4-7,11H,1,8-9H2,2-3H3. The van der Waals surface area contributed by atoms with E-state index < -0.39 is 0 Å². The number of likely N-dealkylation sites (N-methyl/N-ethyl adjacent to an activating group) is 1. The predicted molar refractivity (Wildman–Crippen MR) is 141 cm³/mol. The van der Waals surface area contributed by atoms with Gasteiger partial charge in [-0.05, 0) is 54.9 Å². The molecule has 1 fully saturated rings. The quantitative estimate of drug-likeness (QED) is 0.456. The van der Waals surface area contributed by atoms with Gasteiger partial charge < -0.3 is 20.9 Å². The zero-order valence-corrected chi connectivity index (χ0v) is 20.0. The Bertz CT molecular complexity index is 1240. The summed E-state index contributed by atoms with van der Waals surface area (Å²) in [6.07, 6.45) is 7.37. The Morgan fingerprint density at radius 1 is 1.09 bits per heavy atom. The summed E-state index contributed by atoms with van der Waals surface area (Å²) in [5.41, 5.74) is 7.92. The van der Waals surface area contributed by atoms with E-state index in [1.807, 2.05) is 37.7 Å². The fourth-order valence-corrected chi connectivity index (χ4v) is 4.24. The highest BCUT2D eigenvalue weighted by atomic mass is 32.1. The van der Waals surface area contributed by atoms with Gasteiger partial charge in [0.1, 0.15) is 11.6 Å². The van der Waals surface area contributed by atoms with Crippen LogP contribution in [0.2, 0.25) is 0 Å². The summed E-state index contributed by atoms with van der Waals surface area (Å²) in [5.74, 6) is 1.92. The first-order valence-electron chi connectivity index (χ1n) is 10.8. The third-order valence-corrected chi connectivity index (χ3v) is 6.58. The lowest BCUT2D eigenvalue weighted by Gasteiger charge is -2.43. The highest BCUT2D eigenvalue weighted by molar-refractivity contribution is 7.18. The molecule has 0 saturated carbocycles. The molecule has 4 aromatic rings. The van der Waals surface area contributed by atoms with Crippen LogP contribution in [0.4, 0.5) is 16.8 Å². The van der Waals surface area contributed by atoms with Gasteiger partial charge in [-0.1, -0.05) is 36.1 Å². The summed E-state index contributed by atoms with van der Waals surface area (Å²) in [5, 5.41) is 5.91. The summed E-state index contributed by atoms with van der Waals surface area (Å²) < 4.78 is 0. The molecule has 8 heteroatoms. The normalized spacial score (nSPS) is 13.4. The van der Waals surface area contributed by atoms with Gasteiger partial charge in [0.05, 0.1) is 4.88 Å². The number of nitrogens with zero attached hydrogens (tertiary/aromatic N) is 5. The number of benzene rings is 1. The van der Waals surface area contributed by atoms with E-state index in [1.54, 1.807) is 6.20 Å². The van der Waals surface area contributed by atoms with Crippen molar-refractivity contribution in [2.75, 3.05) is 50.2 Å². The van der Waals surface area contributed by atoms with Crippen LogP contribution in [0.25, 0.3) is 27.3 Å². The summed E-state index contributed by atoms with van der Waals surface area (Å²) >= 11 is 1.49. The van der Waals surface area contributed by atoms with Crippen LogP contribution in [0.5, 0.6) is 0 Å². The molecule has 33 heavy (non-hydrogen) atoms. The molecule has 3 aromatic heterocycles. The highest BCUT2D eigenvalue weighted by Crippen LogP contribution is 2.30. The summed E-state index contributed by atoms with van der Waals surface area (Å²) in [4.78, 5) is 18.4. The van der Waals surface area contributed by atoms with Crippen LogP contribution in [0.3, 0.4) is 0 Å². The minimum absolute atomic E-state index is 0.593. The molecule has 0 radical (unpaired) electrons. The molecule has 4 heterocycles. The smallest absolute Gasteiger partial charge is 0.180 e. The van der Waals surface area contributed by atoms with Gasteiger partial charge in [0.2, 0.25) is 0 Å². The van der Waals surface area contributed by atoms with E-state index in [4.69, 9.17) is 5.73 Å². The van der Waals surface area contributed by atoms with Crippen LogP contribution in [0.15, 0.2) is 61.6 Å². The number of hydrogen-bond acceptors (Lipinski definition) is 8. The van der Waals surface area contributed by atoms with Crippen molar-refractivity contribution in [2.24, 2.45) is 0 Å². The molecule has 0 amide bonds. The van der Waals surface area contributed by atoms with Gasteiger partial charge in [0, 0.05) is 50.2 Å². The van der Waals surface area contributed by atoms with Crippen LogP contribution in [-0.4, -0.2) is 60.1 Å². The van der Waals surface area contributed by atoms with Gasteiger partial charge in [0.25, 0.3) is 0 Å². The topological polar surface area (TPSA) is 83.2 Å². The molecule has 7 nitrogen and oxygen atoms in total. The molecule has 1 aromatic carbocycles. The number of rotatable bonds is 5. The van der Waals surface area contributed by atoms with Crippen molar-refractivity contribution >= 4 is 45.0 Å². The molecule has 1 saturated heterocycles. The molecule has 1 aliphatic heterocycles. The van der Waals surface area contributed by atoms with Crippen LogP contribution in [0, 0.1) is 0 Å². The van der Waals surface area contributed by atoms with Crippen molar-refractivity contribution in [2.45, 2.75) is 6.04 Å². The second-order valence-corrected chi connectivity index (χ2v) is 9.18. The number of thiazole rings is 1. The monoisotopic (exact) mass is 459 g/mol. The molecular formula is C25H29N7S. The second kappa shape index (κ2) is 9.97. The summed E-state index contributed by atoms with van der Waals surface area (Å²) in [7, 11) is 6.10. The lowest BCUT2D eigenvalue weighted by molar-refractivity contribution is 0.246. The molecule has 0 spiro atoms. The number of aromatic nitrogens is 3. The number of nitrogens with one attached hydrogen (secondary N) is 1. The highest BCUT2D eigenvalue weighted by Gasteiger charge is 2.28. The Morgan fingerprint density at radius 3 is 2.58 bits per heavy atom. The van der Waals surface area contributed by atoms with Gasteiger partial charge >= 0.3 is 0 Å². The van der Waals surface area contributed by atoms with Gasteiger partial charge in [-0.15, -0.1) is 0 Å². The number of pyridine rings is 2.